The van der Waals surface area contributed by atoms with E-state index in [2.05, 4.69) is 0 Å². The minimum atomic E-state index is -1.91. The molecule has 3 saturated heterocycles. The number of carbonyl (C=O) groups excluding carboxylic acids is 2. The molecule has 51 heavy (non-hydrogen) atoms. The quantitative estimate of drug-likeness (QED) is 0.171. The van der Waals surface area contributed by atoms with E-state index in [1.165, 1.54) is 40.2 Å². The first-order valence-electron chi connectivity index (χ1n) is 17.7. The van der Waals surface area contributed by atoms with Crippen molar-refractivity contribution in [2.45, 2.75) is 152 Å². The van der Waals surface area contributed by atoms with Gasteiger partial charge in [0.05, 0.1) is 37.1 Å². The predicted octanol–water partition coefficient (Wildman–Crippen LogP) is 0.555. The highest BCUT2D eigenvalue weighted by Crippen LogP contribution is 2.38. The van der Waals surface area contributed by atoms with Crippen molar-refractivity contribution in [3.05, 3.63) is 24.3 Å². The van der Waals surface area contributed by atoms with Crippen LogP contribution in [0.2, 0.25) is 0 Å². The number of hydrogen-bond donors (Lipinski definition) is 5. The third-order valence-electron chi connectivity index (χ3n) is 10.7. The second kappa shape index (κ2) is 17.1. The topological polar surface area (TPSA) is 212 Å². The zero-order valence-electron chi connectivity index (χ0n) is 31.0. The molecule has 3 fully saturated rings. The van der Waals surface area contributed by atoms with Gasteiger partial charge < -0.3 is 63.4 Å². The fraction of sp³-hybridized carbons (Fsp3) is 0.833. The molecular formula is C36H58O15. The molecule has 4 aliphatic rings. The highest BCUT2D eigenvalue weighted by Gasteiger charge is 2.53. The molecule has 0 aromatic rings. The summed E-state index contributed by atoms with van der Waals surface area (Å²) in [5.41, 5.74) is -3.74. The molecule has 4 rings (SSSR count). The van der Waals surface area contributed by atoms with Gasteiger partial charge in [0.2, 0.25) is 0 Å². The fourth-order valence-electron chi connectivity index (χ4n) is 7.46. The Hall–Kier alpha value is -1.86. The number of rotatable bonds is 8. The number of carbonyl (C=O) groups is 2. The van der Waals surface area contributed by atoms with Crippen LogP contribution >= 0.6 is 0 Å². The average Bonchev–Trinajstić information content (AvgIpc) is 3.82. The molecule has 4 aliphatic heterocycles. The fourth-order valence-corrected chi connectivity index (χ4v) is 7.46. The molecule has 0 saturated carbocycles. The van der Waals surface area contributed by atoms with Crippen molar-refractivity contribution in [1.82, 2.24) is 0 Å². The van der Waals surface area contributed by atoms with E-state index < -0.39 is 120 Å². The number of aliphatic hydroxyl groups excluding tert-OH is 3. The molecule has 15 heteroatoms. The molecule has 0 aliphatic carbocycles. The van der Waals surface area contributed by atoms with Crippen LogP contribution in [0.3, 0.4) is 0 Å². The Bertz CT molecular complexity index is 1240. The lowest BCUT2D eigenvalue weighted by Crippen LogP contribution is -2.63. The largest absolute Gasteiger partial charge is 0.459 e. The molecule has 18 atom stereocenters. The SMILES string of the molecule is CO[C@@H]1[C@H](O)[C@H](C)O[C@@H](OC[C@H]2[C@@H]3O[C@@H]3/C=C\C(=O)[C@@](C)(O)C[C@H](C)[C@H](O[C@@H]3O[C@H](C)C[C@](O)([C@H](C)O)[C@H]3O)[C@@H](C)/C=C\C(=O)O[C@@H]2C)[C@@H]1OC. The molecule has 0 aromatic heterocycles. The molecule has 0 aromatic carbocycles. The van der Waals surface area contributed by atoms with Crippen molar-refractivity contribution in [3.63, 3.8) is 0 Å². The summed E-state index contributed by atoms with van der Waals surface area (Å²) in [6.07, 6.45) is -5.88. The van der Waals surface area contributed by atoms with E-state index in [0.29, 0.717) is 0 Å². The average molecular weight is 731 g/mol. The molecule has 0 radical (unpaired) electrons. The van der Waals surface area contributed by atoms with Crippen LogP contribution in [0, 0.1) is 17.8 Å². The summed E-state index contributed by atoms with van der Waals surface area (Å²) in [5.74, 6) is -2.84. The monoisotopic (exact) mass is 730 g/mol. The van der Waals surface area contributed by atoms with Gasteiger partial charge in [0.15, 0.2) is 18.4 Å². The molecule has 4 heterocycles. The van der Waals surface area contributed by atoms with Gasteiger partial charge >= 0.3 is 5.97 Å². The van der Waals surface area contributed by atoms with Gasteiger partial charge in [-0.15, -0.1) is 0 Å². The zero-order chi connectivity index (χ0) is 38.0. The summed E-state index contributed by atoms with van der Waals surface area (Å²) in [5, 5.41) is 54.4. The van der Waals surface area contributed by atoms with Gasteiger partial charge in [-0.1, -0.05) is 19.9 Å². The molecule has 5 N–H and O–H groups in total. The number of methoxy groups -OCH3 is 2. The predicted molar refractivity (Wildman–Crippen MR) is 179 cm³/mol. The second-order valence-electron chi connectivity index (χ2n) is 14.9. The van der Waals surface area contributed by atoms with Crippen LogP contribution in [-0.2, 0) is 47.5 Å². The van der Waals surface area contributed by atoms with Gasteiger partial charge in [-0.3, -0.25) is 4.79 Å². The molecular weight excluding hydrogens is 672 g/mol. The van der Waals surface area contributed by atoms with Gasteiger partial charge in [-0.05, 0) is 59.1 Å². The molecule has 292 valence electrons. The maximum atomic E-state index is 13.3. The van der Waals surface area contributed by atoms with E-state index in [4.69, 9.17) is 37.9 Å². The summed E-state index contributed by atoms with van der Waals surface area (Å²) in [7, 11) is 2.91. The van der Waals surface area contributed by atoms with E-state index in [1.54, 1.807) is 46.8 Å². The van der Waals surface area contributed by atoms with E-state index in [-0.39, 0.29) is 19.4 Å². The second-order valence-corrected chi connectivity index (χ2v) is 14.9. The lowest BCUT2D eigenvalue weighted by atomic mass is 9.81. The number of hydrogen-bond acceptors (Lipinski definition) is 15. The number of aliphatic hydroxyl groups is 5. The number of esters is 1. The Morgan fingerprint density at radius 1 is 0.882 bits per heavy atom. The maximum absolute atomic E-state index is 13.3. The number of ether oxygens (including phenoxy) is 8. The van der Waals surface area contributed by atoms with Gasteiger partial charge in [0.1, 0.15) is 47.8 Å². The summed E-state index contributed by atoms with van der Waals surface area (Å²) in [6.45, 7) is 11.4. The van der Waals surface area contributed by atoms with Crippen molar-refractivity contribution in [1.29, 1.82) is 0 Å². The van der Waals surface area contributed by atoms with Crippen LogP contribution in [0.4, 0.5) is 0 Å². The van der Waals surface area contributed by atoms with E-state index in [9.17, 15) is 35.1 Å². The van der Waals surface area contributed by atoms with Gasteiger partial charge in [-0.25, -0.2) is 4.79 Å². The van der Waals surface area contributed by atoms with E-state index in [0.717, 1.165) is 0 Å². The Morgan fingerprint density at radius 2 is 1.55 bits per heavy atom. The smallest absolute Gasteiger partial charge is 0.330 e. The zero-order valence-corrected chi connectivity index (χ0v) is 31.0. The molecule has 0 unspecified atom stereocenters. The Balaban J connectivity index is 1.57. The van der Waals surface area contributed by atoms with Crippen molar-refractivity contribution >= 4 is 11.8 Å². The van der Waals surface area contributed by atoms with E-state index >= 15 is 0 Å². The van der Waals surface area contributed by atoms with Crippen molar-refractivity contribution in [3.8, 4) is 0 Å². The first-order chi connectivity index (χ1) is 23.8. The van der Waals surface area contributed by atoms with Crippen molar-refractivity contribution < 1.29 is 73.0 Å². The Morgan fingerprint density at radius 3 is 2.18 bits per heavy atom. The lowest BCUT2D eigenvalue weighted by Gasteiger charge is -2.47. The first kappa shape index (κ1) is 41.9. The standard InChI is InChI=1S/C36H58O15/c1-17-10-13-26(39)48-20(4)23(16-46-33-31(45-9)30(44-8)27(40)21(5)49-33)29-24(50-29)11-12-25(38)35(7,42)14-18(2)28(17)51-34-32(41)36(43,22(6)37)15-19(3)47-34/h10-13,17-24,27-34,37,40-43H,14-16H2,1-9H3/b12-11-,13-10-/t17-,18-,19+,20+,21-,22-,23+,24+,27+,28+,29-,30+,31+,32-,33+,34-,35-,36-/m0/s1. The lowest BCUT2D eigenvalue weighted by molar-refractivity contribution is -0.322. The molecule has 15 nitrogen and oxygen atoms in total. The summed E-state index contributed by atoms with van der Waals surface area (Å²) in [6, 6.07) is 0. The van der Waals surface area contributed by atoms with E-state index in [1.807, 2.05) is 0 Å². The van der Waals surface area contributed by atoms with Crippen molar-refractivity contribution in [2.24, 2.45) is 17.8 Å². The number of ketones is 1. The number of fused-ring (bicyclic) bond motifs is 1. The van der Waals surface area contributed by atoms with Crippen LogP contribution in [-0.4, -0.2) is 149 Å². The number of cyclic esters (lactones) is 1. The van der Waals surface area contributed by atoms with Crippen molar-refractivity contribution in [2.75, 3.05) is 20.8 Å². The molecule has 0 amide bonds. The van der Waals surface area contributed by atoms with Gasteiger partial charge in [0.25, 0.3) is 0 Å². The Labute approximate surface area is 299 Å². The summed E-state index contributed by atoms with van der Waals surface area (Å²) < 4.78 is 46.9. The minimum absolute atomic E-state index is 0.00657. The third-order valence-corrected chi connectivity index (χ3v) is 10.7. The van der Waals surface area contributed by atoms with Crippen LogP contribution in [0.1, 0.15) is 61.3 Å². The van der Waals surface area contributed by atoms with Gasteiger partial charge in [0, 0.05) is 38.6 Å². The maximum Gasteiger partial charge on any atom is 0.330 e. The molecule has 0 spiro atoms. The summed E-state index contributed by atoms with van der Waals surface area (Å²) in [4.78, 5) is 26.5. The highest BCUT2D eigenvalue weighted by molar-refractivity contribution is 5.96. The van der Waals surface area contributed by atoms with Gasteiger partial charge in [-0.2, -0.15) is 0 Å². The van der Waals surface area contributed by atoms with Crippen LogP contribution in [0.15, 0.2) is 24.3 Å². The molecule has 0 bridgehead atoms. The van der Waals surface area contributed by atoms with Crippen LogP contribution < -0.4 is 0 Å². The third kappa shape index (κ3) is 9.63. The van der Waals surface area contributed by atoms with Crippen LogP contribution in [0.5, 0.6) is 0 Å². The highest BCUT2D eigenvalue weighted by atomic mass is 16.7. The first-order valence-corrected chi connectivity index (χ1v) is 17.7. The number of epoxide rings is 1. The van der Waals surface area contributed by atoms with Crippen LogP contribution in [0.25, 0.3) is 0 Å². The summed E-state index contributed by atoms with van der Waals surface area (Å²) >= 11 is 0. The Kier molecular flexibility index (Phi) is 14.0. The normalized spacial score (nSPS) is 49.0. The minimum Gasteiger partial charge on any atom is -0.459 e.